The summed E-state index contributed by atoms with van der Waals surface area (Å²) in [5.74, 6) is 0.00198. The van der Waals surface area contributed by atoms with Crippen molar-refractivity contribution in [1.82, 2.24) is 10.3 Å². The van der Waals surface area contributed by atoms with Crippen molar-refractivity contribution in [3.63, 3.8) is 0 Å². The summed E-state index contributed by atoms with van der Waals surface area (Å²) in [6.07, 6.45) is 0. The zero-order valence-corrected chi connectivity index (χ0v) is 17.4. The summed E-state index contributed by atoms with van der Waals surface area (Å²) < 4.78 is 1.19. The number of thiazole rings is 1. The number of amides is 1. The summed E-state index contributed by atoms with van der Waals surface area (Å²) in [6.45, 7) is 7.74. The summed E-state index contributed by atoms with van der Waals surface area (Å²) in [7, 11) is 0. The predicted molar refractivity (Wildman–Crippen MR) is 116 cm³/mol. The van der Waals surface area contributed by atoms with Crippen LogP contribution in [0.4, 0.5) is 5.13 Å². The van der Waals surface area contributed by atoms with E-state index in [1.54, 1.807) is 11.3 Å². The van der Waals surface area contributed by atoms with Crippen molar-refractivity contribution < 1.29 is 9.69 Å². The second-order valence-corrected chi connectivity index (χ2v) is 8.54. The molecule has 2 N–H and O–H groups in total. The Balaban J connectivity index is 1.28. The SMILES string of the molecule is Cc1c(Cl)ccc2sc(N3CC[NH+](CCNC(=O)c4ccccc4)CC3)nc12. The lowest BCUT2D eigenvalue weighted by atomic mass is 10.2. The molecule has 2 aromatic carbocycles. The number of fused-ring (bicyclic) bond motifs is 1. The van der Waals surface area contributed by atoms with E-state index in [9.17, 15) is 4.79 Å². The highest BCUT2D eigenvalue weighted by Crippen LogP contribution is 2.33. The maximum absolute atomic E-state index is 12.1. The zero-order chi connectivity index (χ0) is 19.5. The monoisotopic (exact) mass is 415 g/mol. The van der Waals surface area contributed by atoms with E-state index in [1.165, 1.54) is 9.60 Å². The van der Waals surface area contributed by atoms with Crippen LogP contribution in [0.15, 0.2) is 42.5 Å². The highest BCUT2D eigenvalue weighted by molar-refractivity contribution is 7.22. The molecule has 4 rings (SSSR count). The van der Waals surface area contributed by atoms with Crippen LogP contribution in [0, 0.1) is 6.92 Å². The Labute approximate surface area is 173 Å². The molecule has 1 aliphatic heterocycles. The van der Waals surface area contributed by atoms with Crippen LogP contribution in [0.1, 0.15) is 15.9 Å². The van der Waals surface area contributed by atoms with Crippen LogP contribution in [0.3, 0.4) is 0 Å². The Hall–Kier alpha value is -2.15. The van der Waals surface area contributed by atoms with Gasteiger partial charge >= 0.3 is 0 Å². The lowest BCUT2D eigenvalue weighted by Gasteiger charge is -2.32. The number of aromatic nitrogens is 1. The van der Waals surface area contributed by atoms with Crippen molar-refractivity contribution in [2.24, 2.45) is 0 Å². The molecule has 3 aromatic rings. The number of hydrogen-bond donors (Lipinski definition) is 2. The average Bonchev–Trinajstić information content (AvgIpc) is 3.17. The molecule has 1 aromatic heterocycles. The van der Waals surface area contributed by atoms with Crippen LogP contribution in [0.2, 0.25) is 5.02 Å². The number of nitrogens with zero attached hydrogens (tertiary/aromatic N) is 2. The summed E-state index contributed by atoms with van der Waals surface area (Å²) >= 11 is 7.97. The third kappa shape index (κ3) is 4.14. The molecule has 146 valence electrons. The fraction of sp³-hybridized carbons (Fsp3) is 0.333. The quantitative estimate of drug-likeness (QED) is 0.672. The molecule has 0 saturated carbocycles. The molecule has 0 atom stereocenters. The van der Waals surface area contributed by atoms with Crippen LogP contribution in [-0.2, 0) is 0 Å². The Morgan fingerprint density at radius 1 is 1.21 bits per heavy atom. The molecule has 5 nitrogen and oxygen atoms in total. The van der Waals surface area contributed by atoms with Crippen LogP contribution >= 0.6 is 22.9 Å². The van der Waals surface area contributed by atoms with Gasteiger partial charge in [0.15, 0.2) is 5.13 Å². The number of rotatable bonds is 5. The molecule has 7 heteroatoms. The van der Waals surface area contributed by atoms with Crippen molar-refractivity contribution in [3.8, 4) is 0 Å². The van der Waals surface area contributed by atoms with Gasteiger partial charge in [-0.25, -0.2) is 4.98 Å². The number of carbonyl (C=O) groups excluding carboxylic acids is 1. The Bertz CT molecular complexity index is 967. The molecular formula is C21H24ClN4OS+. The summed E-state index contributed by atoms with van der Waals surface area (Å²) in [6, 6.07) is 13.4. The molecule has 0 bridgehead atoms. The van der Waals surface area contributed by atoms with Crippen molar-refractivity contribution in [3.05, 3.63) is 58.6 Å². The van der Waals surface area contributed by atoms with Crippen molar-refractivity contribution in [2.75, 3.05) is 44.2 Å². The molecule has 0 aliphatic carbocycles. The highest BCUT2D eigenvalue weighted by atomic mass is 35.5. The van der Waals surface area contributed by atoms with Gasteiger partial charge in [0.2, 0.25) is 0 Å². The number of hydrogen-bond acceptors (Lipinski definition) is 4. The minimum Gasteiger partial charge on any atom is -0.346 e. The van der Waals surface area contributed by atoms with Gasteiger partial charge in [-0.3, -0.25) is 4.79 Å². The highest BCUT2D eigenvalue weighted by Gasteiger charge is 2.22. The van der Waals surface area contributed by atoms with Gasteiger partial charge in [0.1, 0.15) is 0 Å². The lowest BCUT2D eigenvalue weighted by Crippen LogP contribution is -3.15. The molecular weight excluding hydrogens is 392 g/mol. The second-order valence-electron chi connectivity index (χ2n) is 7.12. The van der Waals surface area contributed by atoms with Crippen LogP contribution < -0.4 is 15.1 Å². The number of nitrogens with one attached hydrogen (secondary N) is 2. The Morgan fingerprint density at radius 2 is 1.96 bits per heavy atom. The first-order valence-corrected chi connectivity index (χ1v) is 10.8. The average molecular weight is 416 g/mol. The van der Waals surface area contributed by atoms with Gasteiger partial charge in [0.25, 0.3) is 5.91 Å². The number of anilines is 1. The van der Waals surface area contributed by atoms with Gasteiger partial charge in [-0.2, -0.15) is 0 Å². The first-order chi connectivity index (χ1) is 13.6. The number of benzene rings is 2. The summed E-state index contributed by atoms with van der Waals surface area (Å²) in [5.41, 5.74) is 2.79. The topological polar surface area (TPSA) is 49.7 Å². The van der Waals surface area contributed by atoms with Crippen molar-refractivity contribution in [1.29, 1.82) is 0 Å². The molecule has 2 heterocycles. The normalized spacial score (nSPS) is 15.1. The minimum atomic E-state index is 0.00198. The largest absolute Gasteiger partial charge is 0.346 e. The second kappa shape index (κ2) is 8.47. The lowest BCUT2D eigenvalue weighted by molar-refractivity contribution is -0.899. The van der Waals surface area contributed by atoms with E-state index in [4.69, 9.17) is 16.6 Å². The smallest absolute Gasteiger partial charge is 0.251 e. The summed E-state index contributed by atoms with van der Waals surface area (Å²) in [5, 5.41) is 4.88. The van der Waals surface area contributed by atoms with Crippen LogP contribution in [0.5, 0.6) is 0 Å². The number of halogens is 1. The molecule has 1 saturated heterocycles. The van der Waals surface area contributed by atoms with Gasteiger partial charge in [-0.05, 0) is 36.8 Å². The fourth-order valence-electron chi connectivity index (χ4n) is 3.53. The first-order valence-electron chi connectivity index (χ1n) is 9.59. The predicted octanol–water partition coefficient (Wildman–Crippen LogP) is 2.39. The van der Waals surface area contributed by atoms with E-state index in [-0.39, 0.29) is 5.91 Å². The number of carbonyl (C=O) groups is 1. The van der Waals surface area contributed by atoms with E-state index < -0.39 is 0 Å². The van der Waals surface area contributed by atoms with Gasteiger partial charge in [0, 0.05) is 10.6 Å². The molecule has 0 radical (unpaired) electrons. The number of piperazine rings is 1. The van der Waals surface area contributed by atoms with Crippen molar-refractivity contribution >= 4 is 44.2 Å². The number of aryl methyl sites for hydroxylation is 1. The zero-order valence-electron chi connectivity index (χ0n) is 15.9. The van der Waals surface area contributed by atoms with Crippen molar-refractivity contribution in [2.45, 2.75) is 6.92 Å². The van der Waals surface area contributed by atoms with E-state index in [0.29, 0.717) is 12.1 Å². The van der Waals surface area contributed by atoms with Gasteiger partial charge < -0.3 is 15.1 Å². The molecule has 1 fully saturated rings. The number of quaternary nitrogens is 1. The first kappa shape index (κ1) is 19.2. The van der Waals surface area contributed by atoms with Crippen LogP contribution in [-0.4, -0.2) is 50.2 Å². The van der Waals surface area contributed by atoms with Crippen LogP contribution in [0.25, 0.3) is 10.2 Å². The third-order valence-corrected chi connectivity index (χ3v) is 6.77. The summed E-state index contributed by atoms with van der Waals surface area (Å²) in [4.78, 5) is 20.8. The van der Waals surface area contributed by atoms with Gasteiger partial charge in [-0.1, -0.05) is 41.1 Å². The molecule has 0 unspecified atom stereocenters. The van der Waals surface area contributed by atoms with Gasteiger partial charge in [0.05, 0.1) is 49.5 Å². The standard InChI is InChI=1S/C21H23ClN4OS/c1-15-17(22)7-8-18-19(15)24-21(28-18)26-13-11-25(12-14-26)10-9-23-20(27)16-5-3-2-4-6-16/h2-8H,9-14H2,1H3,(H,23,27)/p+1. The maximum Gasteiger partial charge on any atom is 0.251 e. The molecule has 28 heavy (non-hydrogen) atoms. The van der Waals surface area contributed by atoms with E-state index in [1.807, 2.05) is 43.3 Å². The van der Waals surface area contributed by atoms with E-state index in [2.05, 4.69) is 16.3 Å². The Kier molecular flexibility index (Phi) is 5.80. The molecule has 1 aliphatic rings. The molecule has 1 amide bonds. The third-order valence-electron chi connectivity index (χ3n) is 5.28. The Morgan fingerprint density at radius 3 is 2.71 bits per heavy atom. The molecule has 0 spiro atoms. The van der Waals surface area contributed by atoms with E-state index >= 15 is 0 Å². The fourth-order valence-corrected chi connectivity index (χ4v) is 4.76. The van der Waals surface area contributed by atoms with Gasteiger partial charge in [-0.15, -0.1) is 0 Å². The minimum absolute atomic E-state index is 0.00198. The van der Waals surface area contributed by atoms with E-state index in [0.717, 1.165) is 54.0 Å². The maximum atomic E-state index is 12.1.